The lowest BCUT2D eigenvalue weighted by molar-refractivity contribution is -0.147. The van der Waals surface area contributed by atoms with Crippen LogP contribution in [-0.4, -0.2) is 80.9 Å². The highest BCUT2D eigenvalue weighted by atomic mass is 19.4. The van der Waals surface area contributed by atoms with Crippen molar-refractivity contribution < 1.29 is 36.7 Å². The summed E-state index contributed by atoms with van der Waals surface area (Å²) in [5, 5.41) is 7.75. The minimum atomic E-state index is -3.67. The zero-order chi connectivity index (χ0) is 50.6. The summed E-state index contributed by atoms with van der Waals surface area (Å²) in [5.41, 5.74) is 7.97. The van der Waals surface area contributed by atoms with E-state index in [9.17, 15) is 22.5 Å². The molecule has 10 fully saturated rings. The maximum atomic E-state index is 12.2. The molecule has 6 saturated carbocycles. The lowest BCUT2D eigenvalue weighted by Crippen LogP contribution is -2.53. The van der Waals surface area contributed by atoms with E-state index < -0.39 is 7.54 Å². The van der Waals surface area contributed by atoms with Crippen molar-refractivity contribution in [3.63, 3.8) is 0 Å². The van der Waals surface area contributed by atoms with Crippen molar-refractivity contribution in [3.8, 4) is 0 Å². The maximum absolute atomic E-state index is 12.2. The van der Waals surface area contributed by atoms with E-state index in [4.69, 9.17) is 14.2 Å². The Morgan fingerprint density at radius 1 is 0.704 bits per heavy atom. The van der Waals surface area contributed by atoms with Gasteiger partial charge in [-0.2, -0.15) is 0 Å². The van der Waals surface area contributed by atoms with Crippen LogP contribution in [0.5, 0.6) is 0 Å². The number of ether oxygens (including phenoxy) is 3. The highest BCUT2D eigenvalue weighted by molar-refractivity contribution is 6.33. The molecule has 9 aliphatic carbocycles. The van der Waals surface area contributed by atoms with Crippen LogP contribution in [0.1, 0.15) is 185 Å². The predicted octanol–water partition coefficient (Wildman–Crippen LogP) is 12.8. The fraction of sp³-hybridized carbons (Fsp3) is 0.867. The van der Waals surface area contributed by atoms with Crippen molar-refractivity contribution in [1.82, 2.24) is 10.6 Å². The summed E-state index contributed by atoms with van der Waals surface area (Å²) in [4.78, 5) is 24.3. The fourth-order valence-corrected chi connectivity index (χ4v) is 20.3. The zero-order valence-electron chi connectivity index (χ0n) is 45.5. The smallest absolute Gasteiger partial charge is 0.382 e. The molecule has 0 bridgehead atoms. The van der Waals surface area contributed by atoms with Gasteiger partial charge in [0.15, 0.2) is 11.6 Å². The molecular weight excluding hydrogens is 896 g/mol. The summed E-state index contributed by atoms with van der Waals surface area (Å²) in [5.74, 6) is 8.31. The van der Waals surface area contributed by atoms with Gasteiger partial charge in [-0.25, -0.2) is 0 Å². The van der Waals surface area contributed by atoms with Crippen molar-refractivity contribution in [3.05, 3.63) is 34.4 Å². The summed E-state index contributed by atoms with van der Waals surface area (Å²) in [6.07, 6.45) is 26.4. The molecule has 4 saturated heterocycles. The summed E-state index contributed by atoms with van der Waals surface area (Å²) in [6, 6.07) is 1.10. The molecule has 2 unspecified atom stereocenters. The third kappa shape index (κ3) is 8.44. The van der Waals surface area contributed by atoms with Crippen LogP contribution < -0.4 is 10.6 Å². The summed E-state index contributed by atoms with van der Waals surface area (Å²) < 4.78 is 48.1. The first-order chi connectivity index (χ1) is 33.7. The number of halogens is 3. The molecule has 0 aromatic heterocycles. The largest absolute Gasteiger partial charge is 0.762 e. The molecule has 7 nitrogen and oxygen atoms in total. The van der Waals surface area contributed by atoms with Crippen LogP contribution in [0.15, 0.2) is 34.4 Å². The van der Waals surface area contributed by atoms with Gasteiger partial charge in [0.2, 0.25) is 0 Å². The van der Waals surface area contributed by atoms with E-state index in [0.717, 1.165) is 112 Å². The first kappa shape index (κ1) is 52.6. The normalized spacial score (nSPS) is 50.5. The third-order valence-electron chi connectivity index (χ3n) is 24.0. The van der Waals surface area contributed by atoms with Crippen LogP contribution >= 0.6 is 0 Å². The van der Waals surface area contributed by atoms with E-state index in [1.165, 1.54) is 88.2 Å². The minimum Gasteiger partial charge on any atom is -0.382 e. The number of rotatable bonds is 2. The van der Waals surface area contributed by atoms with Gasteiger partial charge in [-0.1, -0.05) is 70.8 Å². The Hall–Kier alpha value is -1.79. The number of carbonyl (C=O) groups is 2. The molecule has 3 spiro atoms. The zero-order valence-corrected chi connectivity index (χ0v) is 45.5. The minimum absolute atomic E-state index is 0.0458. The number of carbonyl (C=O) groups excluding carboxylic acids is 2. The first-order valence-corrected chi connectivity index (χ1v) is 29.2. The van der Waals surface area contributed by atoms with E-state index in [-0.39, 0.29) is 22.0 Å². The van der Waals surface area contributed by atoms with E-state index >= 15 is 0 Å². The molecule has 71 heavy (non-hydrogen) atoms. The molecule has 396 valence electrons. The molecule has 0 aromatic carbocycles. The van der Waals surface area contributed by atoms with E-state index in [1.54, 1.807) is 11.1 Å². The highest BCUT2D eigenvalue weighted by Gasteiger charge is 2.84. The van der Waals surface area contributed by atoms with Gasteiger partial charge in [0, 0.05) is 55.4 Å². The van der Waals surface area contributed by atoms with Crippen molar-refractivity contribution in [2.24, 2.45) is 80.8 Å². The average molecular weight is 989 g/mol. The molecule has 4 aliphatic heterocycles. The molecular formula is C60H92BF3N2O5. The van der Waals surface area contributed by atoms with Crippen molar-refractivity contribution in [1.29, 1.82) is 0 Å². The van der Waals surface area contributed by atoms with Crippen LogP contribution in [-0.2, 0) is 23.8 Å². The molecule has 0 radical (unpaired) electrons. The quantitative estimate of drug-likeness (QED) is 0.211. The summed E-state index contributed by atoms with van der Waals surface area (Å²) in [7, 11) is -3.67. The van der Waals surface area contributed by atoms with Gasteiger partial charge in [-0.15, -0.1) is 0 Å². The van der Waals surface area contributed by atoms with E-state index in [2.05, 4.69) is 72.1 Å². The molecule has 4 heterocycles. The van der Waals surface area contributed by atoms with Gasteiger partial charge in [0.1, 0.15) is 0 Å². The monoisotopic (exact) mass is 989 g/mol. The second-order valence-corrected chi connectivity index (χ2v) is 27.0. The van der Waals surface area contributed by atoms with Crippen molar-refractivity contribution in [2.45, 2.75) is 220 Å². The van der Waals surface area contributed by atoms with Crippen molar-refractivity contribution >= 4 is 19.1 Å². The number of nitrogens with one attached hydrogen (secondary N) is 2. The number of allylic oxidation sites excluding steroid dienone is 5. The van der Waals surface area contributed by atoms with Crippen LogP contribution in [0.3, 0.4) is 0 Å². The molecule has 0 aromatic rings. The second-order valence-electron chi connectivity index (χ2n) is 27.0. The van der Waals surface area contributed by atoms with Crippen LogP contribution in [0, 0.1) is 80.8 Å². The van der Waals surface area contributed by atoms with Gasteiger partial charge in [-0.05, 0) is 212 Å². The Morgan fingerprint density at radius 3 is 1.86 bits per heavy atom. The van der Waals surface area contributed by atoms with Crippen LogP contribution in [0.25, 0.3) is 0 Å². The molecule has 13 aliphatic rings. The lowest BCUT2D eigenvalue weighted by Gasteiger charge is -2.50. The van der Waals surface area contributed by atoms with Gasteiger partial charge < -0.3 is 24.8 Å². The molecule has 0 amide bonds. The number of piperidine rings is 2. The molecule has 20 atom stereocenters. The third-order valence-corrected chi connectivity index (χ3v) is 24.0. The Kier molecular flexibility index (Phi) is 14.3. The Morgan fingerprint density at radius 2 is 1.27 bits per heavy atom. The number of hydrogen-bond donors (Lipinski definition) is 2. The average Bonchev–Trinajstić information content (AvgIpc) is 3.55. The number of ketones is 2. The summed E-state index contributed by atoms with van der Waals surface area (Å²) in [6.45, 7) is 27.8. The topological polar surface area (TPSA) is 85.9 Å². The summed E-state index contributed by atoms with van der Waals surface area (Å²) >= 11 is 0. The van der Waals surface area contributed by atoms with Crippen molar-refractivity contribution in [2.75, 3.05) is 26.3 Å². The van der Waals surface area contributed by atoms with E-state index in [0.29, 0.717) is 58.5 Å². The van der Waals surface area contributed by atoms with Gasteiger partial charge >= 0.3 is 7.54 Å². The lowest BCUT2D eigenvalue weighted by atomic mass is 9.56. The van der Waals surface area contributed by atoms with Crippen LogP contribution in [0.2, 0.25) is 0 Å². The van der Waals surface area contributed by atoms with Gasteiger partial charge in [0.05, 0.1) is 23.4 Å². The fourth-order valence-electron chi connectivity index (χ4n) is 20.3. The SMILES string of the molecule is CC1=C2C[C@H]3[C@@H](CCC4=CC(=O)CC[C@@]43C)[C@@H]2CC[C@@]2(C1)O[C@@H]1C[C@H](C)CN[C@H]1[C@H]2C.CCOCC.C[C@@H]1CN[C@H]2[C@@H](C)[C@@]3(CC[C@H]4[C@@H]5CCC6=CC(=O)CC[C@]6(C)[C@H]5CC45CC53C)O[C@@H]2C1.FB(F)F. The standard InChI is InChI=1S/2C28H41NO2.C4H10O.BF3/c1-16-11-23-24(29-14-16)17(2)28(31-23)10-8-21-20-6-5-18-12-19(30)7-9-25(18,3)22(20)13-27(21)15-26(27,28)4;1-16-11-25-26(29-15-16)18(3)28(31-25)10-8-21-22-6-5-19-12-20(30)7-9-27(19,4)24(22)13-23(21)17(2)14-28;1-3-5-4-2;2-1(3)4/h12,16-17,20-24,29H,5-11,13-15H2,1-4H3;12,16,18,21-22,24-26,29H,5-11,13-15H2,1-4H3;3-4H2,1-2H3;/t16-,17+,20-,21-,22-,23+,24-,25-,26?,27?,28+;16-,18+,21-,22-,24-,25+,26-,27-,28-;;/m00../s1. The Bertz CT molecular complexity index is 2150. The second kappa shape index (κ2) is 19.3. The maximum Gasteiger partial charge on any atom is 0.762 e. The molecule has 2 N–H and O–H groups in total. The first-order valence-electron chi connectivity index (χ1n) is 29.2. The molecule has 13 rings (SSSR count). The number of hydrogen-bond acceptors (Lipinski definition) is 7. The Balaban J connectivity index is 0.000000140. The number of fused-ring (bicyclic) bond motifs is 12. The van der Waals surface area contributed by atoms with Crippen LogP contribution in [0.4, 0.5) is 12.9 Å². The van der Waals surface area contributed by atoms with Gasteiger partial charge in [0.25, 0.3) is 0 Å². The van der Waals surface area contributed by atoms with Gasteiger partial charge in [-0.3, -0.25) is 22.5 Å². The molecule has 11 heteroatoms. The van der Waals surface area contributed by atoms with E-state index in [1.807, 2.05) is 19.9 Å². The highest BCUT2D eigenvalue weighted by Crippen LogP contribution is 2.87. The Labute approximate surface area is 426 Å². The predicted molar refractivity (Wildman–Crippen MR) is 276 cm³/mol.